The first kappa shape index (κ1) is 13.9. The SMILES string of the molecule is C[Si](C)(C)c1c(O)ccc(S)c1[Si](C)(C)C. The van der Waals surface area contributed by atoms with Gasteiger partial charge in [0.25, 0.3) is 0 Å². The maximum Gasteiger partial charge on any atom is 0.114 e. The summed E-state index contributed by atoms with van der Waals surface area (Å²) in [5.41, 5.74) is 0. The van der Waals surface area contributed by atoms with Crippen LogP contribution in [-0.2, 0) is 0 Å². The van der Waals surface area contributed by atoms with Crippen LogP contribution < -0.4 is 10.4 Å². The Morgan fingerprint density at radius 3 is 1.62 bits per heavy atom. The molecular formula is C12H22OSSi2. The van der Waals surface area contributed by atoms with E-state index in [1.54, 1.807) is 6.07 Å². The first-order valence-electron chi connectivity index (χ1n) is 5.61. The summed E-state index contributed by atoms with van der Waals surface area (Å²) in [5, 5.41) is 12.7. The highest BCUT2D eigenvalue weighted by Gasteiger charge is 2.31. The topological polar surface area (TPSA) is 20.2 Å². The monoisotopic (exact) mass is 270 g/mol. The van der Waals surface area contributed by atoms with Gasteiger partial charge >= 0.3 is 0 Å². The van der Waals surface area contributed by atoms with E-state index in [4.69, 9.17) is 0 Å². The van der Waals surface area contributed by atoms with Crippen molar-refractivity contribution < 1.29 is 5.11 Å². The van der Waals surface area contributed by atoms with Gasteiger partial charge in [0.15, 0.2) is 0 Å². The highest BCUT2D eigenvalue weighted by molar-refractivity contribution is 7.80. The predicted molar refractivity (Wildman–Crippen MR) is 81.3 cm³/mol. The molecule has 0 aliphatic carbocycles. The minimum absolute atomic E-state index is 0.467. The van der Waals surface area contributed by atoms with Crippen LogP contribution in [0.2, 0.25) is 39.3 Å². The molecule has 1 nitrogen and oxygen atoms in total. The van der Waals surface area contributed by atoms with Crippen molar-refractivity contribution in [3.8, 4) is 5.75 Å². The maximum absolute atomic E-state index is 10.1. The molecule has 0 radical (unpaired) electrons. The Hall–Kier alpha value is -0.196. The lowest BCUT2D eigenvalue weighted by Crippen LogP contribution is -2.57. The summed E-state index contributed by atoms with van der Waals surface area (Å²) in [4.78, 5) is 1.05. The molecule has 90 valence electrons. The number of benzene rings is 1. The van der Waals surface area contributed by atoms with Crippen molar-refractivity contribution in [2.75, 3.05) is 0 Å². The van der Waals surface area contributed by atoms with Crippen LogP contribution in [0.15, 0.2) is 17.0 Å². The summed E-state index contributed by atoms with van der Waals surface area (Å²) in [6.45, 7) is 13.8. The van der Waals surface area contributed by atoms with Crippen molar-refractivity contribution in [1.82, 2.24) is 0 Å². The molecule has 0 fully saturated rings. The fourth-order valence-electron chi connectivity index (χ4n) is 2.10. The molecule has 0 saturated carbocycles. The van der Waals surface area contributed by atoms with Crippen LogP contribution in [0, 0.1) is 0 Å². The van der Waals surface area contributed by atoms with E-state index in [1.807, 2.05) is 6.07 Å². The van der Waals surface area contributed by atoms with E-state index in [-0.39, 0.29) is 0 Å². The van der Waals surface area contributed by atoms with Gasteiger partial charge in [-0.3, -0.25) is 0 Å². The average molecular weight is 271 g/mol. The third-order valence-corrected chi connectivity index (χ3v) is 7.52. The fraction of sp³-hybridized carbons (Fsp3) is 0.500. The first-order valence-corrected chi connectivity index (χ1v) is 13.1. The van der Waals surface area contributed by atoms with Gasteiger partial charge in [0.05, 0.1) is 16.1 Å². The fourth-order valence-corrected chi connectivity index (χ4v) is 9.11. The van der Waals surface area contributed by atoms with Crippen molar-refractivity contribution in [2.24, 2.45) is 0 Å². The van der Waals surface area contributed by atoms with Gasteiger partial charge in [-0.05, 0) is 22.5 Å². The largest absolute Gasteiger partial charge is 0.508 e. The Balaban J connectivity index is 3.64. The molecule has 0 aromatic heterocycles. The highest BCUT2D eigenvalue weighted by atomic mass is 32.1. The van der Waals surface area contributed by atoms with Gasteiger partial charge < -0.3 is 5.11 Å². The number of rotatable bonds is 2. The van der Waals surface area contributed by atoms with Gasteiger partial charge in [-0.1, -0.05) is 39.3 Å². The van der Waals surface area contributed by atoms with E-state index < -0.39 is 16.1 Å². The van der Waals surface area contributed by atoms with E-state index >= 15 is 0 Å². The van der Waals surface area contributed by atoms with Gasteiger partial charge in [-0.25, -0.2) is 0 Å². The van der Waals surface area contributed by atoms with E-state index in [2.05, 4.69) is 51.9 Å². The van der Waals surface area contributed by atoms with Crippen LogP contribution in [0.1, 0.15) is 0 Å². The van der Waals surface area contributed by atoms with Crippen LogP contribution in [0.5, 0.6) is 5.75 Å². The molecule has 4 heteroatoms. The van der Waals surface area contributed by atoms with Gasteiger partial charge in [-0.15, -0.1) is 12.6 Å². The number of thiol groups is 1. The van der Waals surface area contributed by atoms with Crippen LogP contribution in [0.3, 0.4) is 0 Å². The predicted octanol–water partition coefficient (Wildman–Crippen LogP) is 2.77. The van der Waals surface area contributed by atoms with Crippen molar-refractivity contribution >= 4 is 39.1 Å². The summed E-state index contributed by atoms with van der Waals surface area (Å²) in [5.74, 6) is 0.467. The Morgan fingerprint density at radius 1 is 0.875 bits per heavy atom. The van der Waals surface area contributed by atoms with Crippen LogP contribution in [0.4, 0.5) is 0 Å². The number of hydrogen-bond donors (Lipinski definition) is 2. The summed E-state index contributed by atoms with van der Waals surface area (Å²) >= 11 is 4.59. The number of phenols is 1. The zero-order valence-corrected chi connectivity index (χ0v) is 13.9. The molecule has 1 N–H and O–H groups in total. The molecule has 0 heterocycles. The van der Waals surface area contributed by atoms with E-state index in [9.17, 15) is 5.11 Å². The minimum atomic E-state index is -1.53. The molecule has 0 atom stereocenters. The zero-order valence-electron chi connectivity index (χ0n) is 11.0. The molecule has 0 spiro atoms. The standard InChI is InChI=1S/C12H22OSSi2/c1-15(2,3)11-9(13)7-8-10(14)12(11)16(4,5)6/h7-8,13-14H,1-6H3. The van der Waals surface area contributed by atoms with Crippen LogP contribution in [-0.4, -0.2) is 21.3 Å². The molecular weight excluding hydrogens is 248 g/mol. The Kier molecular flexibility index (Phi) is 3.67. The summed E-state index contributed by atoms with van der Waals surface area (Å²) in [6.07, 6.45) is 0. The van der Waals surface area contributed by atoms with Crippen molar-refractivity contribution in [3.63, 3.8) is 0 Å². The summed E-state index contributed by atoms with van der Waals surface area (Å²) in [6, 6.07) is 3.72. The second kappa shape index (κ2) is 4.24. The van der Waals surface area contributed by atoms with Crippen molar-refractivity contribution in [3.05, 3.63) is 12.1 Å². The first-order chi connectivity index (χ1) is 7.05. The molecule has 0 unspecified atom stereocenters. The van der Waals surface area contributed by atoms with Crippen LogP contribution >= 0.6 is 12.6 Å². The second-order valence-corrected chi connectivity index (χ2v) is 16.8. The smallest absolute Gasteiger partial charge is 0.114 e. The quantitative estimate of drug-likeness (QED) is 0.625. The van der Waals surface area contributed by atoms with E-state index in [0.29, 0.717) is 5.75 Å². The second-order valence-electron chi connectivity index (χ2n) is 6.35. The van der Waals surface area contributed by atoms with E-state index in [0.717, 1.165) is 4.90 Å². The Labute approximate surface area is 106 Å². The normalized spacial score (nSPS) is 12.9. The van der Waals surface area contributed by atoms with E-state index in [1.165, 1.54) is 10.4 Å². The van der Waals surface area contributed by atoms with Crippen molar-refractivity contribution in [1.29, 1.82) is 0 Å². The lowest BCUT2D eigenvalue weighted by atomic mass is 10.3. The lowest BCUT2D eigenvalue weighted by molar-refractivity contribution is 0.479. The lowest BCUT2D eigenvalue weighted by Gasteiger charge is -2.30. The highest BCUT2D eigenvalue weighted by Crippen LogP contribution is 2.19. The number of phenolic OH excluding ortho intramolecular Hbond substituents is 1. The van der Waals surface area contributed by atoms with Gasteiger partial charge in [0.1, 0.15) is 5.75 Å². The third kappa shape index (κ3) is 2.73. The van der Waals surface area contributed by atoms with Gasteiger partial charge in [-0.2, -0.15) is 0 Å². The molecule has 0 aliphatic heterocycles. The molecule has 0 amide bonds. The molecule has 0 bridgehead atoms. The van der Waals surface area contributed by atoms with Crippen LogP contribution in [0.25, 0.3) is 0 Å². The van der Waals surface area contributed by atoms with Gasteiger partial charge in [0, 0.05) is 4.90 Å². The average Bonchev–Trinajstić information content (AvgIpc) is 2.04. The van der Waals surface area contributed by atoms with Crippen molar-refractivity contribution in [2.45, 2.75) is 44.2 Å². The molecule has 0 saturated heterocycles. The summed E-state index contributed by atoms with van der Waals surface area (Å²) < 4.78 is 0. The molecule has 0 aliphatic rings. The van der Waals surface area contributed by atoms with Gasteiger partial charge in [0.2, 0.25) is 0 Å². The molecule has 1 aromatic rings. The molecule has 1 rings (SSSR count). The Morgan fingerprint density at radius 2 is 1.31 bits per heavy atom. The minimum Gasteiger partial charge on any atom is -0.508 e. The maximum atomic E-state index is 10.1. The molecule has 1 aromatic carbocycles. The Bertz CT molecular complexity index is 364. The zero-order chi connectivity index (χ0) is 12.7. The third-order valence-electron chi connectivity index (χ3n) is 2.66. The molecule has 16 heavy (non-hydrogen) atoms. The summed E-state index contributed by atoms with van der Waals surface area (Å²) in [7, 11) is -2.99. The number of aromatic hydroxyl groups is 1. The number of hydrogen-bond acceptors (Lipinski definition) is 2.